The van der Waals surface area contributed by atoms with Crippen molar-refractivity contribution < 1.29 is 5.11 Å². The first-order valence-electron chi connectivity index (χ1n) is 7.55. The van der Waals surface area contributed by atoms with Crippen LogP contribution in [0, 0.1) is 22.7 Å². The van der Waals surface area contributed by atoms with E-state index in [2.05, 4.69) is 22.5 Å². The van der Waals surface area contributed by atoms with Gasteiger partial charge in [-0.05, 0) is 42.3 Å². The van der Waals surface area contributed by atoms with Gasteiger partial charge in [-0.2, -0.15) is 15.6 Å². The number of aliphatic hydroxyl groups is 1. The molecule has 6 nitrogen and oxygen atoms in total. The SMILES string of the molecule is CCc1ccc(N=Nc2ccc(C#N)c(C#N)c2)c(NCCO)c1. The maximum atomic E-state index is 9.05. The summed E-state index contributed by atoms with van der Waals surface area (Å²) in [6.07, 6.45) is 0.895. The van der Waals surface area contributed by atoms with Crippen LogP contribution in [0.5, 0.6) is 0 Å². The van der Waals surface area contributed by atoms with Crippen molar-refractivity contribution in [2.75, 3.05) is 18.5 Å². The molecule has 2 aromatic rings. The van der Waals surface area contributed by atoms with Gasteiger partial charge in [0.1, 0.15) is 17.8 Å². The third-order valence-corrected chi connectivity index (χ3v) is 3.41. The summed E-state index contributed by atoms with van der Waals surface area (Å²) in [4.78, 5) is 0. The summed E-state index contributed by atoms with van der Waals surface area (Å²) in [5, 5.41) is 38.5. The van der Waals surface area contributed by atoms with Crippen molar-refractivity contribution in [3.8, 4) is 12.1 Å². The van der Waals surface area contributed by atoms with E-state index in [0.717, 1.165) is 17.7 Å². The highest BCUT2D eigenvalue weighted by Gasteiger charge is 2.05. The molecule has 120 valence electrons. The van der Waals surface area contributed by atoms with E-state index in [4.69, 9.17) is 15.6 Å². The molecule has 0 bridgehead atoms. The summed E-state index contributed by atoms with van der Waals surface area (Å²) in [7, 11) is 0. The van der Waals surface area contributed by atoms with Crippen molar-refractivity contribution >= 4 is 17.1 Å². The summed E-state index contributed by atoms with van der Waals surface area (Å²) in [6.45, 7) is 2.51. The van der Waals surface area contributed by atoms with Crippen molar-refractivity contribution in [2.24, 2.45) is 10.2 Å². The smallest absolute Gasteiger partial charge is 0.109 e. The zero-order valence-electron chi connectivity index (χ0n) is 13.3. The lowest BCUT2D eigenvalue weighted by Gasteiger charge is -2.09. The Bertz CT molecular complexity index is 830. The molecule has 0 atom stereocenters. The molecule has 0 aliphatic rings. The van der Waals surface area contributed by atoms with Gasteiger partial charge < -0.3 is 10.4 Å². The fourth-order valence-corrected chi connectivity index (χ4v) is 2.12. The second-order valence-electron chi connectivity index (χ2n) is 5.01. The Labute approximate surface area is 140 Å². The molecule has 0 unspecified atom stereocenters. The third kappa shape index (κ3) is 4.16. The predicted molar refractivity (Wildman–Crippen MR) is 91.4 cm³/mol. The van der Waals surface area contributed by atoms with Gasteiger partial charge in [0, 0.05) is 6.54 Å². The Kier molecular flexibility index (Phi) is 6.01. The first-order chi connectivity index (χ1) is 11.7. The number of aliphatic hydroxyl groups excluding tert-OH is 1. The minimum Gasteiger partial charge on any atom is -0.395 e. The molecular weight excluding hydrogens is 302 g/mol. The molecule has 0 saturated heterocycles. The van der Waals surface area contributed by atoms with E-state index in [0.29, 0.717) is 23.5 Å². The Morgan fingerprint density at radius 2 is 1.83 bits per heavy atom. The van der Waals surface area contributed by atoms with Crippen LogP contribution < -0.4 is 5.32 Å². The van der Waals surface area contributed by atoms with Gasteiger partial charge in [0.05, 0.1) is 29.1 Å². The van der Waals surface area contributed by atoms with Gasteiger partial charge in [-0.25, -0.2) is 0 Å². The second kappa shape index (κ2) is 8.42. The number of nitrogens with zero attached hydrogens (tertiary/aromatic N) is 4. The summed E-state index contributed by atoms with van der Waals surface area (Å²) < 4.78 is 0. The van der Waals surface area contributed by atoms with Crippen molar-refractivity contribution in [1.82, 2.24) is 0 Å². The largest absolute Gasteiger partial charge is 0.395 e. The zero-order chi connectivity index (χ0) is 17.4. The van der Waals surface area contributed by atoms with Crippen LogP contribution in [0.25, 0.3) is 0 Å². The molecule has 2 N–H and O–H groups in total. The minimum absolute atomic E-state index is 0.0219. The molecule has 0 spiro atoms. The molecule has 0 aromatic heterocycles. The molecule has 24 heavy (non-hydrogen) atoms. The Hall–Kier alpha value is -3.22. The number of nitriles is 2. The molecule has 6 heteroatoms. The number of azo groups is 1. The Balaban J connectivity index is 2.31. The average Bonchev–Trinajstić information content (AvgIpc) is 2.64. The van der Waals surface area contributed by atoms with Crippen molar-refractivity contribution in [3.05, 3.63) is 53.1 Å². The quantitative estimate of drug-likeness (QED) is 0.790. The molecular formula is C18H17N5O. The third-order valence-electron chi connectivity index (χ3n) is 3.41. The minimum atomic E-state index is 0.0219. The standard InChI is InChI=1S/C18H17N5O/c1-2-13-3-6-17(18(9-13)21-7-8-24)23-22-16-5-4-14(11-19)15(10-16)12-20/h3-6,9-10,21,24H,2,7-8H2,1H3. The van der Waals surface area contributed by atoms with Crippen molar-refractivity contribution in [2.45, 2.75) is 13.3 Å². The van der Waals surface area contributed by atoms with Gasteiger partial charge in [-0.1, -0.05) is 13.0 Å². The molecule has 0 aliphatic carbocycles. The maximum absolute atomic E-state index is 9.05. The van der Waals surface area contributed by atoms with Crippen LogP contribution in [0.4, 0.5) is 17.1 Å². The van der Waals surface area contributed by atoms with E-state index in [1.54, 1.807) is 12.1 Å². The number of rotatable bonds is 6. The predicted octanol–water partition coefficient (Wildman–Crippen LogP) is 3.81. The highest BCUT2D eigenvalue weighted by atomic mass is 16.3. The highest BCUT2D eigenvalue weighted by Crippen LogP contribution is 2.29. The first kappa shape index (κ1) is 17.1. The number of nitrogens with one attached hydrogen (secondary N) is 1. The van der Waals surface area contributed by atoms with Crippen molar-refractivity contribution in [3.63, 3.8) is 0 Å². The van der Waals surface area contributed by atoms with Crippen LogP contribution in [0.3, 0.4) is 0 Å². The van der Waals surface area contributed by atoms with Crippen LogP contribution in [0.2, 0.25) is 0 Å². The molecule has 0 radical (unpaired) electrons. The van der Waals surface area contributed by atoms with E-state index < -0.39 is 0 Å². The van der Waals surface area contributed by atoms with Crippen LogP contribution >= 0.6 is 0 Å². The Morgan fingerprint density at radius 1 is 1.04 bits per heavy atom. The lowest BCUT2D eigenvalue weighted by atomic mass is 10.1. The summed E-state index contributed by atoms with van der Waals surface area (Å²) in [5.74, 6) is 0. The van der Waals surface area contributed by atoms with Gasteiger partial charge in [0.25, 0.3) is 0 Å². The monoisotopic (exact) mass is 319 g/mol. The van der Waals surface area contributed by atoms with Crippen LogP contribution in [0.1, 0.15) is 23.6 Å². The lowest BCUT2D eigenvalue weighted by Crippen LogP contribution is -2.05. The maximum Gasteiger partial charge on any atom is 0.109 e. The normalized spacial score (nSPS) is 10.3. The van der Waals surface area contributed by atoms with E-state index >= 15 is 0 Å². The molecule has 0 saturated carbocycles. The van der Waals surface area contributed by atoms with E-state index in [1.165, 1.54) is 6.07 Å². The summed E-state index contributed by atoms with van der Waals surface area (Å²) >= 11 is 0. The van der Waals surface area contributed by atoms with E-state index in [-0.39, 0.29) is 12.2 Å². The van der Waals surface area contributed by atoms with Crippen LogP contribution in [-0.2, 0) is 6.42 Å². The molecule has 0 heterocycles. The van der Waals surface area contributed by atoms with E-state index in [9.17, 15) is 0 Å². The molecule has 0 fully saturated rings. The fraction of sp³-hybridized carbons (Fsp3) is 0.222. The van der Waals surface area contributed by atoms with Crippen LogP contribution in [0.15, 0.2) is 46.6 Å². The molecule has 2 aromatic carbocycles. The zero-order valence-corrected chi connectivity index (χ0v) is 13.3. The highest BCUT2D eigenvalue weighted by molar-refractivity contribution is 5.66. The summed E-state index contributed by atoms with van der Waals surface area (Å²) in [6, 6.07) is 14.5. The van der Waals surface area contributed by atoms with Gasteiger partial charge in [-0.15, -0.1) is 5.11 Å². The number of hydrogen-bond donors (Lipinski definition) is 2. The van der Waals surface area contributed by atoms with Crippen molar-refractivity contribution in [1.29, 1.82) is 10.5 Å². The second-order valence-corrected chi connectivity index (χ2v) is 5.01. The number of benzene rings is 2. The fourth-order valence-electron chi connectivity index (χ4n) is 2.12. The van der Waals surface area contributed by atoms with Gasteiger partial charge >= 0.3 is 0 Å². The molecule has 0 amide bonds. The van der Waals surface area contributed by atoms with Gasteiger partial charge in [0.15, 0.2) is 0 Å². The van der Waals surface area contributed by atoms with Gasteiger partial charge in [-0.3, -0.25) is 0 Å². The number of anilines is 1. The van der Waals surface area contributed by atoms with E-state index in [1.807, 2.05) is 30.3 Å². The molecule has 2 rings (SSSR count). The molecule has 0 aliphatic heterocycles. The number of hydrogen-bond acceptors (Lipinski definition) is 6. The Morgan fingerprint density at radius 3 is 2.50 bits per heavy atom. The first-order valence-corrected chi connectivity index (χ1v) is 7.55. The van der Waals surface area contributed by atoms with Crippen LogP contribution in [-0.4, -0.2) is 18.3 Å². The lowest BCUT2D eigenvalue weighted by molar-refractivity contribution is 0.311. The summed E-state index contributed by atoms with van der Waals surface area (Å²) in [5.41, 5.74) is 3.67. The topological polar surface area (TPSA) is 105 Å². The average molecular weight is 319 g/mol. The number of aryl methyl sites for hydroxylation is 1. The van der Waals surface area contributed by atoms with Gasteiger partial charge in [0.2, 0.25) is 0 Å².